The van der Waals surface area contributed by atoms with Crippen molar-refractivity contribution in [3.05, 3.63) is 35.9 Å². The Balaban J connectivity index is 1.81. The third-order valence-electron chi connectivity index (χ3n) is 3.41. The van der Waals surface area contributed by atoms with E-state index >= 15 is 0 Å². The number of ether oxygens (including phenoxy) is 1. The van der Waals surface area contributed by atoms with Crippen molar-refractivity contribution in [2.75, 3.05) is 19.7 Å². The molecule has 0 aliphatic carbocycles. The van der Waals surface area contributed by atoms with E-state index in [1.807, 2.05) is 30.3 Å². The van der Waals surface area contributed by atoms with Gasteiger partial charge in [-0.05, 0) is 24.4 Å². The topological polar surface area (TPSA) is 41.5 Å². The summed E-state index contributed by atoms with van der Waals surface area (Å²) in [5.41, 5.74) is 0.920. The van der Waals surface area contributed by atoms with Crippen molar-refractivity contribution in [1.29, 1.82) is 0 Å². The van der Waals surface area contributed by atoms with Gasteiger partial charge in [0.25, 0.3) is 0 Å². The fourth-order valence-electron chi connectivity index (χ4n) is 2.17. The summed E-state index contributed by atoms with van der Waals surface area (Å²) in [6.45, 7) is 4.55. The van der Waals surface area contributed by atoms with Gasteiger partial charge in [-0.1, -0.05) is 37.3 Å². The van der Waals surface area contributed by atoms with E-state index in [2.05, 4.69) is 12.2 Å². The molecule has 3 unspecified atom stereocenters. The Labute approximate surface area is 103 Å². The summed E-state index contributed by atoms with van der Waals surface area (Å²) in [7, 11) is 0. The Morgan fingerprint density at radius 2 is 2.18 bits per heavy atom. The van der Waals surface area contributed by atoms with E-state index in [9.17, 15) is 5.11 Å². The Kier molecular flexibility index (Phi) is 4.54. The highest BCUT2D eigenvalue weighted by atomic mass is 16.5. The fraction of sp³-hybridized carbons (Fsp3) is 0.571. The fourth-order valence-corrected chi connectivity index (χ4v) is 2.17. The lowest BCUT2D eigenvalue weighted by Crippen LogP contribution is -2.41. The van der Waals surface area contributed by atoms with Gasteiger partial charge in [-0.3, -0.25) is 0 Å². The van der Waals surface area contributed by atoms with Crippen molar-refractivity contribution in [3.63, 3.8) is 0 Å². The molecule has 0 amide bonds. The van der Waals surface area contributed by atoms with Gasteiger partial charge >= 0.3 is 0 Å². The number of piperidine rings is 1. The maximum absolute atomic E-state index is 9.99. The third-order valence-corrected chi connectivity index (χ3v) is 3.41. The lowest BCUT2D eigenvalue weighted by molar-refractivity contribution is -0.0402. The summed E-state index contributed by atoms with van der Waals surface area (Å²) in [4.78, 5) is 0. The summed E-state index contributed by atoms with van der Waals surface area (Å²) in [6, 6.07) is 9.67. The number of aliphatic hydroxyl groups excluding tert-OH is 1. The molecule has 2 N–H and O–H groups in total. The van der Waals surface area contributed by atoms with Crippen molar-refractivity contribution in [1.82, 2.24) is 5.32 Å². The van der Waals surface area contributed by atoms with Crippen molar-refractivity contribution < 1.29 is 9.84 Å². The van der Waals surface area contributed by atoms with E-state index in [1.54, 1.807) is 0 Å². The molecule has 3 nitrogen and oxygen atoms in total. The maximum atomic E-state index is 9.99. The van der Waals surface area contributed by atoms with Crippen molar-refractivity contribution in [2.45, 2.75) is 25.6 Å². The highest BCUT2D eigenvalue weighted by Gasteiger charge is 2.22. The lowest BCUT2D eigenvalue weighted by atomic mass is 9.97. The summed E-state index contributed by atoms with van der Waals surface area (Å²) >= 11 is 0. The highest BCUT2D eigenvalue weighted by Crippen LogP contribution is 2.18. The SMILES string of the molecule is CC1CCNCC1OCC(O)c1ccccc1. The first-order chi connectivity index (χ1) is 8.27. The number of hydrogen-bond donors (Lipinski definition) is 2. The van der Waals surface area contributed by atoms with E-state index in [0.717, 1.165) is 25.1 Å². The van der Waals surface area contributed by atoms with Crippen LogP contribution in [0.2, 0.25) is 0 Å². The molecule has 1 aromatic carbocycles. The first-order valence-electron chi connectivity index (χ1n) is 6.32. The summed E-state index contributed by atoms with van der Waals surface area (Å²) in [5, 5.41) is 13.3. The smallest absolute Gasteiger partial charge is 0.102 e. The van der Waals surface area contributed by atoms with Gasteiger partial charge in [0, 0.05) is 6.54 Å². The van der Waals surface area contributed by atoms with E-state index < -0.39 is 6.10 Å². The molecule has 94 valence electrons. The van der Waals surface area contributed by atoms with E-state index in [4.69, 9.17) is 4.74 Å². The van der Waals surface area contributed by atoms with Crippen LogP contribution in [0.3, 0.4) is 0 Å². The molecule has 1 aromatic rings. The largest absolute Gasteiger partial charge is 0.386 e. The molecule has 1 heterocycles. The van der Waals surface area contributed by atoms with Gasteiger partial charge in [-0.25, -0.2) is 0 Å². The van der Waals surface area contributed by atoms with Crippen LogP contribution in [0.25, 0.3) is 0 Å². The van der Waals surface area contributed by atoms with Crippen LogP contribution in [0.5, 0.6) is 0 Å². The van der Waals surface area contributed by atoms with E-state index in [1.165, 1.54) is 0 Å². The van der Waals surface area contributed by atoms with Crippen LogP contribution in [-0.4, -0.2) is 30.9 Å². The molecule has 3 atom stereocenters. The van der Waals surface area contributed by atoms with Gasteiger partial charge in [-0.2, -0.15) is 0 Å². The predicted octanol–water partition coefficient (Wildman–Crippen LogP) is 1.73. The van der Waals surface area contributed by atoms with Crippen LogP contribution in [0.4, 0.5) is 0 Å². The molecule has 0 radical (unpaired) electrons. The first-order valence-corrected chi connectivity index (χ1v) is 6.32. The molecule has 17 heavy (non-hydrogen) atoms. The van der Waals surface area contributed by atoms with Crippen LogP contribution < -0.4 is 5.32 Å². The highest BCUT2D eigenvalue weighted by molar-refractivity contribution is 5.17. The second-order valence-corrected chi connectivity index (χ2v) is 4.77. The van der Waals surface area contributed by atoms with Crippen LogP contribution in [0, 0.1) is 5.92 Å². The molecule has 0 spiro atoms. The number of nitrogens with one attached hydrogen (secondary N) is 1. The molecule has 3 heteroatoms. The van der Waals surface area contributed by atoms with Crippen molar-refractivity contribution in [3.8, 4) is 0 Å². The first kappa shape index (κ1) is 12.6. The Morgan fingerprint density at radius 1 is 1.41 bits per heavy atom. The Morgan fingerprint density at radius 3 is 2.88 bits per heavy atom. The van der Waals surface area contributed by atoms with Gasteiger partial charge in [0.15, 0.2) is 0 Å². The minimum Gasteiger partial charge on any atom is -0.386 e. The molecular formula is C14H21NO2. The molecule has 1 aliphatic heterocycles. The molecule has 0 aromatic heterocycles. The third kappa shape index (κ3) is 3.53. The summed E-state index contributed by atoms with van der Waals surface area (Å²) in [6.07, 6.45) is 0.846. The van der Waals surface area contributed by atoms with Crippen LogP contribution in [0.1, 0.15) is 25.0 Å². The number of aliphatic hydroxyl groups is 1. The zero-order valence-corrected chi connectivity index (χ0v) is 10.3. The molecule has 1 fully saturated rings. The van der Waals surface area contributed by atoms with Crippen molar-refractivity contribution in [2.24, 2.45) is 5.92 Å². The number of hydrogen-bond acceptors (Lipinski definition) is 3. The quantitative estimate of drug-likeness (QED) is 0.835. The summed E-state index contributed by atoms with van der Waals surface area (Å²) in [5.74, 6) is 0.569. The maximum Gasteiger partial charge on any atom is 0.102 e. The van der Waals surface area contributed by atoms with E-state index in [0.29, 0.717) is 12.5 Å². The predicted molar refractivity (Wildman–Crippen MR) is 67.8 cm³/mol. The van der Waals surface area contributed by atoms with Gasteiger partial charge in [0.2, 0.25) is 0 Å². The normalized spacial score (nSPS) is 26.7. The van der Waals surface area contributed by atoms with Gasteiger partial charge in [0.05, 0.1) is 12.7 Å². The minimum absolute atomic E-state index is 0.224. The average Bonchev–Trinajstić information content (AvgIpc) is 2.38. The zero-order chi connectivity index (χ0) is 12.1. The van der Waals surface area contributed by atoms with E-state index in [-0.39, 0.29) is 6.10 Å². The van der Waals surface area contributed by atoms with Crippen molar-refractivity contribution >= 4 is 0 Å². The standard InChI is InChI=1S/C14H21NO2/c1-11-7-8-15-9-14(11)17-10-13(16)12-5-3-2-4-6-12/h2-6,11,13-16H,7-10H2,1H3. The molecule has 1 saturated heterocycles. The zero-order valence-electron chi connectivity index (χ0n) is 10.3. The lowest BCUT2D eigenvalue weighted by Gasteiger charge is -2.30. The van der Waals surface area contributed by atoms with Crippen LogP contribution in [0.15, 0.2) is 30.3 Å². The van der Waals surface area contributed by atoms with Gasteiger partial charge in [0.1, 0.15) is 6.10 Å². The summed E-state index contributed by atoms with van der Waals surface area (Å²) < 4.78 is 5.80. The molecular weight excluding hydrogens is 214 g/mol. The molecule has 1 aliphatic rings. The number of benzene rings is 1. The molecule has 0 bridgehead atoms. The Bertz CT molecular complexity index is 328. The molecule has 2 rings (SSSR count). The van der Waals surface area contributed by atoms with Crippen LogP contribution in [-0.2, 0) is 4.74 Å². The Hall–Kier alpha value is -0.900. The second kappa shape index (κ2) is 6.15. The molecule has 0 saturated carbocycles. The number of rotatable bonds is 4. The second-order valence-electron chi connectivity index (χ2n) is 4.77. The average molecular weight is 235 g/mol. The van der Waals surface area contributed by atoms with Crippen LogP contribution >= 0.6 is 0 Å². The minimum atomic E-state index is -0.523. The van der Waals surface area contributed by atoms with Gasteiger partial charge in [-0.15, -0.1) is 0 Å². The monoisotopic (exact) mass is 235 g/mol. The van der Waals surface area contributed by atoms with Gasteiger partial charge < -0.3 is 15.2 Å².